The second kappa shape index (κ2) is 8.37. The minimum Gasteiger partial charge on any atom is -0.378 e. The average molecular weight is 394 g/mol. The summed E-state index contributed by atoms with van der Waals surface area (Å²) in [4.78, 5) is 21.4. The molecule has 1 amide bonds. The van der Waals surface area contributed by atoms with Crippen molar-refractivity contribution < 1.29 is 9.53 Å². The number of anilines is 1. The first-order chi connectivity index (χ1) is 12.5. The molecule has 1 aliphatic rings. The lowest BCUT2D eigenvalue weighted by atomic mass is 10.2. The summed E-state index contributed by atoms with van der Waals surface area (Å²) in [5.41, 5.74) is 1.84. The number of amides is 1. The summed E-state index contributed by atoms with van der Waals surface area (Å²) in [7, 11) is 0. The molecule has 1 saturated heterocycles. The van der Waals surface area contributed by atoms with Crippen LogP contribution < -0.4 is 5.32 Å². The third-order valence-corrected chi connectivity index (χ3v) is 6.38. The third-order valence-electron chi connectivity index (χ3n) is 4.53. The molecule has 1 atom stereocenters. The standard InChI is InChI=1S/C19H24ClN3O2S/c1-4-16-12(2)9-17(26-16)13(3)22-18-15(20)10-14(11-21-18)19(24)23-5-7-25-8-6-23/h9-11,13H,4-8H2,1-3H3,(H,21,22). The maximum atomic E-state index is 12.5. The Morgan fingerprint density at radius 1 is 1.42 bits per heavy atom. The molecule has 3 heterocycles. The lowest BCUT2D eigenvalue weighted by Crippen LogP contribution is -2.40. The molecule has 1 unspecified atom stereocenters. The molecule has 0 spiro atoms. The summed E-state index contributed by atoms with van der Waals surface area (Å²) in [6, 6.07) is 4.01. The van der Waals surface area contributed by atoms with E-state index in [-0.39, 0.29) is 11.9 Å². The van der Waals surface area contributed by atoms with Gasteiger partial charge in [-0.3, -0.25) is 4.79 Å². The van der Waals surface area contributed by atoms with E-state index in [1.165, 1.54) is 15.3 Å². The largest absolute Gasteiger partial charge is 0.378 e. The van der Waals surface area contributed by atoms with Crippen LogP contribution in [0.3, 0.4) is 0 Å². The summed E-state index contributed by atoms with van der Waals surface area (Å²) in [5.74, 6) is 0.547. The molecule has 0 saturated carbocycles. The number of carbonyl (C=O) groups is 1. The Morgan fingerprint density at radius 3 is 2.77 bits per heavy atom. The van der Waals surface area contributed by atoms with Crippen molar-refractivity contribution in [3.8, 4) is 0 Å². The van der Waals surface area contributed by atoms with Crippen LogP contribution in [0.15, 0.2) is 18.3 Å². The molecule has 3 rings (SSSR count). The first kappa shape index (κ1) is 19.1. The molecule has 26 heavy (non-hydrogen) atoms. The lowest BCUT2D eigenvalue weighted by molar-refractivity contribution is 0.0302. The summed E-state index contributed by atoms with van der Waals surface area (Å²) in [6.07, 6.45) is 2.64. The first-order valence-electron chi connectivity index (χ1n) is 8.88. The van der Waals surface area contributed by atoms with Crippen LogP contribution in [0.1, 0.15) is 45.6 Å². The van der Waals surface area contributed by atoms with Gasteiger partial charge in [-0.2, -0.15) is 0 Å². The van der Waals surface area contributed by atoms with Crippen LogP contribution in [0.5, 0.6) is 0 Å². The smallest absolute Gasteiger partial charge is 0.255 e. The number of nitrogens with zero attached hydrogens (tertiary/aromatic N) is 2. The highest BCUT2D eigenvalue weighted by molar-refractivity contribution is 7.12. The number of rotatable bonds is 5. The maximum absolute atomic E-state index is 12.5. The highest BCUT2D eigenvalue weighted by Gasteiger charge is 2.20. The molecule has 1 N–H and O–H groups in total. The zero-order valence-electron chi connectivity index (χ0n) is 15.3. The van der Waals surface area contributed by atoms with Crippen molar-refractivity contribution in [3.05, 3.63) is 44.2 Å². The van der Waals surface area contributed by atoms with Gasteiger partial charge in [0, 0.05) is 29.0 Å². The quantitative estimate of drug-likeness (QED) is 0.822. The van der Waals surface area contributed by atoms with Gasteiger partial charge in [0.1, 0.15) is 5.82 Å². The molecule has 2 aromatic rings. The highest BCUT2D eigenvalue weighted by Crippen LogP contribution is 2.31. The second-order valence-electron chi connectivity index (χ2n) is 6.43. The van der Waals surface area contributed by atoms with E-state index in [4.69, 9.17) is 16.3 Å². The third kappa shape index (κ3) is 4.19. The van der Waals surface area contributed by atoms with Crippen LogP contribution in [0.25, 0.3) is 0 Å². The average Bonchev–Trinajstić information content (AvgIpc) is 3.04. The number of hydrogen-bond donors (Lipinski definition) is 1. The van der Waals surface area contributed by atoms with Crippen molar-refractivity contribution in [3.63, 3.8) is 0 Å². The Kier molecular flexibility index (Phi) is 6.16. The van der Waals surface area contributed by atoms with Gasteiger partial charge < -0.3 is 15.0 Å². The Labute approximate surface area is 163 Å². The Morgan fingerprint density at radius 2 is 2.15 bits per heavy atom. The van der Waals surface area contributed by atoms with Gasteiger partial charge in [0.25, 0.3) is 5.91 Å². The van der Waals surface area contributed by atoms with Gasteiger partial charge in [0.2, 0.25) is 0 Å². The number of hydrogen-bond acceptors (Lipinski definition) is 5. The SMILES string of the molecule is CCc1sc(C(C)Nc2ncc(C(=O)N3CCOCC3)cc2Cl)cc1C. The minimum atomic E-state index is -0.0521. The van der Waals surface area contributed by atoms with Gasteiger partial charge in [0.15, 0.2) is 0 Å². The van der Waals surface area contributed by atoms with Crippen molar-refractivity contribution in [2.75, 3.05) is 31.6 Å². The van der Waals surface area contributed by atoms with Gasteiger partial charge in [-0.15, -0.1) is 11.3 Å². The molecule has 5 nitrogen and oxygen atoms in total. The summed E-state index contributed by atoms with van der Waals surface area (Å²) in [6.45, 7) is 8.76. The monoisotopic (exact) mass is 393 g/mol. The number of nitrogens with one attached hydrogen (secondary N) is 1. The lowest BCUT2D eigenvalue weighted by Gasteiger charge is -2.27. The topological polar surface area (TPSA) is 54.5 Å². The predicted molar refractivity (Wildman–Crippen MR) is 106 cm³/mol. The maximum Gasteiger partial charge on any atom is 0.255 e. The fraction of sp³-hybridized carbons (Fsp3) is 0.474. The zero-order chi connectivity index (χ0) is 18.7. The van der Waals surface area contributed by atoms with Crippen molar-refractivity contribution >= 4 is 34.7 Å². The van der Waals surface area contributed by atoms with Crippen molar-refractivity contribution in [1.82, 2.24) is 9.88 Å². The van der Waals surface area contributed by atoms with Gasteiger partial charge in [0.05, 0.1) is 29.8 Å². The van der Waals surface area contributed by atoms with E-state index in [0.29, 0.717) is 42.7 Å². The van der Waals surface area contributed by atoms with E-state index in [1.807, 2.05) is 11.3 Å². The van der Waals surface area contributed by atoms with Gasteiger partial charge in [-0.25, -0.2) is 4.98 Å². The molecule has 1 fully saturated rings. The molecule has 140 valence electrons. The number of pyridine rings is 1. The number of carbonyl (C=O) groups excluding carboxylic acids is 1. The van der Waals surface area contributed by atoms with Gasteiger partial charge in [-0.05, 0) is 38.0 Å². The molecule has 0 aromatic carbocycles. The number of thiophene rings is 1. The molecule has 1 aliphatic heterocycles. The molecular formula is C19H24ClN3O2S. The van der Waals surface area contributed by atoms with E-state index < -0.39 is 0 Å². The molecule has 2 aromatic heterocycles. The van der Waals surface area contributed by atoms with Crippen LogP contribution in [0, 0.1) is 6.92 Å². The Balaban J connectivity index is 1.71. The Hall–Kier alpha value is -1.63. The summed E-state index contributed by atoms with van der Waals surface area (Å²) in [5, 5.41) is 3.82. The molecular weight excluding hydrogens is 370 g/mol. The molecule has 0 aliphatic carbocycles. The van der Waals surface area contributed by atoms with E-state index in [2.05, 4.69) is 37.1 Å². The van der Waals surface area contributed by atoms with Crippen LogP contribution in [-0.2, 0) is 11.2 Å². The van der Waals surface area contributed by atoms with Crippen LogP contribution in [-0.4, -0.2) is 42.1 Å². The van der Waals surface area contributed by atoms with Crippen LogP contribution in [0.4, 0.5) is 5.82 Å². The van der Waals surface area contributed by atoms with E-state index in [9.17, 15) is 4.79 Å². The normalized spacial score (nSPS) is 15.8. The fourth-order valence-electron chi connectivity index (χ4n) is 3.00. The highest BCUT2D eigenvalue weighted by atomic mass is 35.5. The van der Waals surface area contributed by atoms with E-state index >= 15 is 0 Å². The molecule has 0 radical (unpaired) electrons. The van der Waals surface area contributed by atoms with Crippen molar-refractivity contribution in [2.24, 2.45) is 0 Å². The number of halogens is 1. The van der Waals surface area contributed by atoms with Crippen molar-refractivity contribution in [2.45, 2.75) is 33.2 Å². The van der Waals surface area contributed by atoms with E-state index in [1.54, 1.807) is 17.2 Å². The summed E-state index contributed by atoms with van der Waals surface area (Å²) < 4.78 is 5.29. The minimum absolute atomic E-state index is 0.0521. The Bertz CT molecular complexity index is 787. The number of aryl methyl sites for hydroxylation is 2. The van der Waals surface area contributed by atoms with Crippen LogP contribution in [0.2, 0.25) is 5.02 Å². The first-order valence-corrected chi connectivity index (χ1v) is 10.1. The summed E-state index contributed by atoms with van der Waals surface area (Å²) >= 11 is 8.20. The predicted octanol–water partition coefficient (Wildman–Crippen LogP) is 4.31. The second-order valence-corrected chi connectivity index (χ2v) is 8.01. The van der Waals surface area contributed by atoms with Gasteiger partial charge in [-0.1, -0.05) is 18.5 Å². The van der Waals surface area contributed by atoms with E-state index in [0.717, 1.165) is 6.42 Å². The van der Waals surface area contributed by atoms with Crippen molar-refractivity contribution in [1.29, 1.82) is 0 Å². The molecule has 7 heteroatoms. The number of morpholine rings is 1. The number of ether oxygens (including phenoxy) is 1. The molecule has 0 bridgehead atoms. The zero-order valence-corrected chi connectivity index (χ0v) is 16.9. The van der Waals surface area contributed by atoms with Gasteiger partial charge >= 0.3 is 0 Å². The van der Waals surface area contributed by atoms with Crippen LogP contribution >= 0.6 is 22.9 Å². The number of aromatic nitrogens is 1. The fourth-order valence-corrected chi connectivity index (χ4v) is 4.34.